The molecule has 4 rings (SSSR count). The van der Waals surface area contributed by atoms with Crippen molar-refractivity contribution in [1.82, 2.24) is 4.90 Å². The second-order valence-corrected chi connectivity index (χ2v) is 10.1. The van der Waals surface area contributed by atoms with Crippen LogP contribution in [0.4, 0.5) is 5.69 Å². The molecule has 8 heteroatoms. The molecule has 0 radical (unpaired) electrons. The number of para-hydroxylation sites is 1. The van der Waals surface area contributed by atoms with Crippen LogP contribution in [0.5, 0.6) is 0 Å². The fourth-order valence-electron chi connectivity index (χ4n) is 4.90. The third-order valence-corrected chi connectivity index (χ3v) is 6.77. The molecule has 0 aromatic heterocycles. The fraction of sp³-hybridized carbons (Fsp3) is 0.435. The molecule has 1 saturated heterocycles. The van der Waals surface area contributed by atoms with Gasteiger partial charge in [-0.3, -0.25) is 9.59 Å². The summed E-state index contributed by atoms with van der Waals surface area (Å²) in [5.74, 6) is -2.54. The molecule has 0 saturated carbocycles. The summed E-state index contributed by atoms with van der Waals surface area (Å²) in [6, 6.07) is 5.80. The second kappa shape index (κ2) is 7.65. The van der Waals surface area contributed by atoms with Crippen molar-refractivity contribution in [3.8, 4) is 0 Å². The lowest BCUT2D eigenvalue weighted by Crippen LogP contribution is -2.53. The third kappa shape index (κ3) is 3.26. The molecule has 3 aliphatic heterocycles. The van der Waals surface area contributed by atoms with Gasteiger partial charge in [-0.1, -0.05) is 18.2 Å². The Kier molecular flexibility index (Phi) is 5.39. The van der Waals surface area contributed by atoms with Gasteiger partial charge in [-0.05, 0) is 74.1 Å². The number of anilines is 1. The van der Waals surface area contributed by atoms with Crippen LogP contribution in [0.15, 0.2) is 46.2 Å². The van der Waals surface area contributed by atoms with Crippen LogP contribution < -0.4 is 5.32 Å². The number of nitrogens with zero attached hydrogens (tertiary/aromatic N) is 1. The van der Waals surface area contributed by atoms with Gasteiger partial charge in [-0.2, -0.15) is 0 Å². The zero-order valence-electron chi connectivity index (χ0n) is 17.8. The summed E-state index contributed by atoms with van der Waals surface area (Å²) in [6.07, 6.45) is 5.47. The molecule has 1 aromatic rings. The van der Waals surface area contributed by atoms with Crippen molar-refractivity contribution in [2.75, 3.05) is 11.9 Å². The van der Waals surface area contributed by atoms with Crippen LogP contribution in [0.3, 0.4) is 0 Å². The minimum absolute atomic E-state index is 0.168. The summed E-state index contributed by atoms with van der Waals surface area (Å²) >= 11 is 2.18. The molecule has 1 N–H and O–H groups in total. The Morgan fingerprint density at radius 2 is 1.94 bits per heavy atom. The normalized spacial score (nSPS) is 28.7. The number of hydrogen-bond acceptors (Lipinski definition) is 6. The van der Waals surface area contributed by atoms with Crippen molar-refractivity contribution in [3.63, 3.8) is 0 Å². The molecule has 1 aromatic carbocycles. The van der Waals surface area contributed by atoms with Gasteiger partial charge < -0.3 is 19.7 Å². The van der Waals surface area contributed by atoms with Crippen LogP contribution in [-0.2, 0) is 29.3 Å². The number of nitrogens with one attached hydrogen (secondary N) is 1. The molecular weight excluding hydrogens is 511 g/mol. The van der Waals surface area contributed by atoms with E-state index in [0.717, 1.165) is 3.58 Å². The molecule has 4 atom stereocenters. The summed E-state index contributed by atoms with van der Waals surface area (Å²) in [5.41, 5.74) is -0.776. The number of rotatable bonds is 3. The molecule has 3 heterocycles. The van der Waals surface area contributed by atoms with Crippen LogP contribution in [0, 0.1) is 5.92 Å². The smallest absolute Gasteiger partial charge is 0.329 e. The highest BCUT2D eigenvalue weighted by atomic mass is 127. The SMILES string of the molecule is CCOC(=O)[C@@H]1[C@@H](C(=O)OC(C)(C)C)[C@]2(C(=O)Nc3ccccc32)[C@H]2C(I)=CC=CN12. The number of allylic oxidation sites excluding steroid dienone is 2. The molecule has 0 aliphatic carbocycles. The first kappa shape index (κ1) is 21.9. The van der Waals surface area contributed by atoms with Crippen LogP contribution in [0.2, 0.25) is 0 Å². The third-order valence-electron chi connectivity index (χ3n) is 5.82. The van der Waals surface area contributed by atoms with Gasteiger partial charge in [0.25, 0.3) is 0 Å². The predicted molar refractivity (Wildman–Crippen MR) is 123 cm³/mol. The van der Waals surface area contributed by atoms with E-state index in [-0.39, 0.29) is 12.5 Å². The van der Waals surface area contributed by atoms with Gasteiger partial charge in [0.15, 0.2) is 0 Å². The van der Waals surface area contributed by atoms with E-state index in [2.05, 4.69) is 27.9 Å². The van der Waals surface area contributed by atoms with Gasteiger partial charge >= 0.3 is 11.9 Å². The lowest BCUT2D eigenvalue weighted by Gasteiger charge is -2.36. The maximum atomic E-state index is 13.7. The molecule has 0 unspecified atom stereocenters. The van der Waals surface area contributed by atoms with Gasteiger partial charge in [0, 0.05) is 15.5 Å². The number of fused-ring (bicyclic) bond motifs is 4. The van der Waals surface area contributed by atoms with Crippen LogP contribution >= 0.6 is 22.6 Å². The average molecular weight is 536 g/mol. The Bertz CT molecular complexity index is 1010. The quantitative estimate of drug-likeness (QED) is 0.472. The van der Waals surface area contributed by atoms with Gasteiger partial charge in [-0.15, -0.1) is 0 Å². The molecule has 1 amide bonds. The lowest BCUT2D eigenvalue weighted by molar-refractivity contribution is -0.168. The first-order valence-corrected chi connectivity index (χ1v) is 11.3. The van der Waals surface area contributed by atoms with E-state index < -0.39 is 41.0 Å². The number of carbonyl (C=O) groups excluding carboxylic acids is 3. The Balaban J connectivity index is 1.99. The lowest BCUT2D eigenvalue weighted by atomic mass is 9.67. The number of ether oxygens (including phenoxy) is 2. The van der Waals surface area contributed by atoms with Crippen LogP contribution in [-0.4, -0.2) is 47.0 Å². The van der Waals surface area contributed by atoms with Gasteiger partial charge in [0.2, 0.25) is 5.91 Å². The van der Waals surface area contributed by atoms with E-state index in [9.17, 15) is 14.4 Å². The predicted octanol–water partition coefficient (Wildman–Crippen LogP) is 3.30. The van der Waals surface area contributed by atoms with Crippen molar-refractivity contribution >= 4 is 46.1 Å². The first-order valence-electron chi connectivity index (χ1n) is 10.2. The van der Waals surface area contributed by atoms with E-state index >= 15 is 0 Å². The minimum Gasteiger partial charge on any atom is -0.464 e. The summed E-state index contributed by atoms with van der Waals surface area (Å²) < 4.78 is 12.0. The largest absolute Gasteiger partial charge is 0.464 e. The number of benzene rings is 1. The summed E-state index contributed by atoms with van der Waals surface area (Å²) in [5, 5.41) is 2.94. The summed E-state index contributed by atoms with van der Waals surface area (Å²) in [4.78, 5) is 42.3. The standard InChI is InChI=1S/C23H25IN2O5/c1-5-30-20(28)17-16(19(27)31-22(2,3)4)23(18-14(24)10-8-12-26(17)18)13-9-6-7-11-15(13)25-21(23)29/h6-12,16-18H,5H2,1-4H3,(H,25,29)/t16-,17-,18+,23-/m0/s1. The number of esters is 2. The highest BCUT2D eigenvalue weighted by Crippen LogP contribution is 2.57. The van der Waals surface area contributed by atoms with E-state index in [0.29, 0.717) is 11.3 Å². The zero-order valence-corrected chi connectivity index (χ0v) is 20.0. The van der Waals surface area contributed by atoms with E-state index in [1.54, 1.807) is 38.8 Å². The highest BCUT2D eigenvalue weighted by molar-refractivity contribution is 14.1. The number of hydrogen-bond donors (Lipinski definition) is 1. The highest BCUT2D eigenvalue weighted by Gasteiger charge is 2.72. The van der Waals surface area contributed by atoms with Crippen LogP contribution in [0.1, 0.15) is 33.3 Å². The number of halogens is 1. The van der Waals surface area contributed by atoms with E-state index in [1.165, 1.54) is 0 Å². The average Bonchev–Trinajstić information content (AvgIpc) is 3.15. The first-order chi connectivity index (χ1) is 14.6. The molecule has 0 bridgehead atoms. The topological polar surface area (TPSA) is 84.9 Å². The zero-order chi connectivity index (χ0) is 22.6. The van der Waals surface area contributed by atoms with E-state index in [1.807, 2.05) is 36.4 Å². The Hall–Kier alpha value is -2.36. The van der Waals surface area contributed by atoms with Crippen molar-refractivity contribution in [2.45, 2.75) is 50.8 Å². The molecule has 164 valence electrons. The molecule has 31 heavy (non-hydrogen) atoms. The van der Waals surface area contributed by atoms with Gasteiger partial charge in [0.1, 0.15) is 23.0 Å². The summed E-state index contributed by atoms with van der Waals surface area (Å²) in [7, 11) is 0. The van der Waals surface area contributed by atoms with Crippen molar-refractivity contribution in [3.05, 3.63) is 51.8 Å². The monoisotopic (exact) mass is 536 g/mol. The molecular formula is C23H25IN2O5. The Labute approximate surface area is 195 Å². The minimum atomic E-state index is -1.33. The maximum absolute atomic E-state index is 13.7. The Morgan fingerprint density at radius 3 is 2.61 bits per heavy atom. The fourth-order valence-corrected chi connectivity index (χ4v) is 5.92. The van der Waals surface area contributed by atoms with Crippen molar-refractivity contribution < 1.29 is 23.9 Å². The summed E-state index contributed by atoms with van der Waals surface area (Å²) in [6.45, 7) is 7.19. The van der Waals surface area contributed by atoms with Crippen molar-refractivity contribution in [2.24, 2.45) is 5.92 Å². The number of amides is 1. The molecule has 3 aliphatic rings. The second-order valence-electron chi connectivity index (χ2n) is 8.82. The maximum Gasteiger partial charge on any atom is 0.329 e. The van der Waals surface area contributed by atoms with E-state index in [4.69, 9.17) is 9.47 Å². The van der Waals surface area contributed by atoms with Gasteiger partial charge in [0.05, 0.1) is 12.6 Å². The molecule has 1 spiro atoms. The molecule has 1 fully saturated rings. The van der Waals surface area contributed by atoms with Crippen molar-refractivity contribution in [1.29, 1.82) is 0 Å². The number of carbonyl (C=O) groups is 3. The van der Waals surface area contributed by atoms with Gasteiger partial charge in [-0.25, -0.2) is 4.79 Å². The van der Waals surface area contributed by atoms with Crippen LogP contribution in [0.25, 0.3) is 0 Å². The molecule has 7 nitrogen and oxygen atoms in total. The Morgan fingerprint density at radius 1 is 1.23 bits per heavy atom.